The van der Waals surface area contributed by atoms with E-state index in [0.717, 1.165) is 23.9 Å². The topological polar surface area (TPSA) is 43.4 Å². The molecule has 0 heterocycles. The molecule has 0 unspecified atom stereocenters. The van der Waals surface area contributed by atoms with Crippen LogP contribution in [0.2, 0.25) is 18.1 Å². The Labute approximate surface area is 168 Å². The van der Waals surface area contributed by atoms with Crippen LogP contribution in [0.4, 0.5) is 0 Å². The van der Waals surface area contributed by atoms with Crippen molar-refractivity contribution in [3.63, 3.8) is 0 Å². The highest BCUT2D eigenvalue weighted by Crippen LogP contribution is 2.39. The highest BCUT2D eigenvalue weighted by molar-refractivity contribution is 6.74. The number of hydrogen-bond acceptors (Lipinski definition) is 3. The van der Waals surface area contributed by atoms with Gasteiger partial charge in [0.05, 0.1) is 6.10 Å². The molecule has 0 aromatic rings. The Morgan fingerprint density at radius 2 is 1.70 bits per heavy atom. The second kappa shape index (κ2) is 10.5. The number of hydrogen-bond donors (Lipinski definition) is 0. The number of aldehydes is 1. The molecule has 0 bridgehead atoms. The van der Waals surface area contributed by atoms with Gasteiger partial charge in [0.15, 0.2) is 8.32 Å². The van der Waals surface area contributed by atoms with Crippen molar-refractivity contribution in [2.75, 3.05) is 0 Å². The fraction of sp³-hybridized carbons (Fsp3) is 0.739. The van der Waals surface area contributed by atoms with Crippen LogP contribution in [0.25, 0.3) is 0 Å². The van der Waals surface area contributed by atoms with Crippen molar-refractivity contribution in [2.45, 2.75) is 92.5 Å². The lowest BCUT2D eigenvalue weighted by Gasteiger charge is -2.41. The van der Waals surface area contributed by atoms with Crippen molar-refractivity contribution < 1.29 is 14.0 Å². The molecule has 0 fully saturated rings. The average Bonchev–Trinajstić information content (AvgIpc) is 2.56. The Hall–Kier alpha value is -1.00. The van der Waals surface area contributed by atoms with E-state index in [1.165, 1.54) is 0 Å². The molecule has 156 valence electrons. The maximum atomic E-state index is 13.1. The molecule has 0 aliphatic rings. The van der Waals surface area contributed by atoms with Gasteiger partial charge in [-0.15, -0.1) is 0 Å². The molecule has 4 heteroatoms. The molecule has 0 aromatic heterocycles. The quantitative estimate of drug-likeness (QED) is 0.233. The fourth-order valence-corrected chi connectivity index (χ4v) is 4.29. The predicted octanol–water partition coefficient (Wildman–Crippen LogP) is 6.36. The molecule has 0 aromatic carbocycles. The minimum Gasteiger partial charge on any atom is -0.410 e. The van der Waals surface area contributed by atoms with E-state index in [-0.39, 0.29) is 34.7 Å². The lowest BCUT2D eigenvalue weighted by atomic mass is 9.86. The van der Waals surface area contributed by atoms with Gasteiger partial charge < -0.3 is 9.22 Å². The van der Waals surface area contributed by atoms with Gasteiger partial charge >= 0.3 is 0 Å². The van der Waals surface area contributed by atoms with E-state index in [9.17, 15) is 9.59 Å². The zero-order valence-corrected chi connectivity index (χ0v) is 20.3. The molecular weight excluding hydrogens is 352 g/mol. The normalized spacial score (nSPS) is 17.8. The minimum absolute atomic E-state index is 0.0180. The van der Waals surface area contributed by atoms with E-state index >= 15 is 0 Å². The molecule has 0 spiro atoms. The smallest absolute Gasteiger partial charge is 0.192 e. The first-order valence-corrected chi connectivity index (χ1v) is 13.1. The van der Waals surface area contributed by atoms with Gasteiger partial charge in [0.2, 0.25) is 0 Å². The van der Waals surface area contributed by atoms with Crippen molar-refractivity contribution in [2.24, 2.45) is 17.8 Å². The van der Waals surface area contributed by atoms with E-state index < -0.39 is 8.32 Å². The van der Waals surface area contributed by atoms with Gasteiger partial charge in [-0.3, -0.25) is 4.79 Å². The van der Waals surface area contributed by atoms with Crippen LogP contribution in [-0.4, -0.2) is 26.5 Å². The van der Waals surface area contributed by atoms with Crippen LogP contribution in [0.3, 0.4) is 0 Å². The Balaban J connectivity index is 5.46. The summed E-state index contributed by atoms with van der Waals surface area (Å²) in [5, 5.41) is 0.0785. The van der Waals surface area contributed by atoms with Gasteiger partial charge in [-0.05, 0) is 43.5 Å². The maximum Gasteiger partial charge on any atom is 0.192 e. The van der Waals surface area contributed by atoms with Crippen molar-refractivity contribution in [3.8, 4) is 0 Å². The molecule has 27 heavy (non-hydrogen) atoms. The molecule has 3 nitrogen and oxygen atoms in total. The Morgan fingerprint density at radius 1 is 1.19 bits per heavy atom. The zero-order chi connectivity index (χ0) is 21.6. The number of Topliss-reactive ketones (excluding diaryl/α,β-unsaturated/α-hetero) is 1. The van der Waals surface area contributed by atoms with E-state index in [1.807, 2.05) is 33.8 Å². The number of allylic oxidation sites excluding steroid dienone is 2. The first-order valence-electron chi connectivity index (χ1n) is 10.2. The van der Waals surface area contributed by atoms with Crippen molar-refractivity contribution in [1.82, 2.24) is 0 Å². The number of rotatable bonds is 11. The summed E-state index contributed by atoms with van der Waals surface area (Å²) in [7, 11) is -2.02. The second-order valence-electron chi connectivity index (χ2n) is 9.62. The lowest BCUT2D eigenvalue weighted by Crippen LogP contribution is -2.47. The summed E-state index contributed by atoms with van der Waals surface area (Å²) in [5.74, 6) is -0.287. The SMILES string of the molecule is C=C(CC)[C@@H](O[Si](C)(C)C(C)(C)C)[C@H](C)C(=O)[C@H](C)/C=C(\C)C[C@H](C)C=O. The van der Waals surface area contributed by atoms with Crippen LogP contribution in [-0.2, 0) is 14.0 Å². The molecule has 0 saturated carbocycles. The minimum atomic E-state index is -2.02. The summed E-state index contributed by atoms with van der Waals surface area (Å²) < 4.78 is 6.63. The van der Waals surface area contributed by atoms with Gasteiger partial charge in [0.1, 0.15) is 12.1 Å². The Kier molecular flexibility index (Phi) is 10.1. The third-order valence-electron chi connectivity index (χ3n) is 5.85. The molecule has 0 rings (SSSR count). The van der Waals surface area contributed by atoms with E-state index in [4.69, 9.17) is 4.43 Å². The molecule has 0 radical (unpaired) electrons. The number of ketones is 1. The third-order valence-corrected chi connectivity index (χ3v) is 10.3. The Morgan fingerprint density at radius 3 is 2.11 bits per heavy atom. The predicted molar refractivity (Wildman–Crippen MR) is 118 cm³/mol. The zero-order valence-electron chi connectivity index (χ0n) is 19.3. The van der Waals surface area contributed by atoms with Gasteiger partial charge in [0.25, 0.3) is 0 Å². The van der Waals surface area contributed by atoms with Crippen LogP contribution in [0.5, 0.6) is 0 Å². The molecule has 0 saturated heterocycles. The summed E-state index contributed by atoms with van der Waals surface area (Å²) in [4.78, 5) is 24.0. The van der Waals surface area contributed by atoms with Gasteiger partial charge in [0, 0.05) is 17.8 Å². The molecule has 4 atom stereocenters. The summed E-state index contributed by atoms with van der Waals surface area (Å²) in [6, 6.07) is 0. The van der Waals surface area contributed by atoms with E-state index in [2.05, 4.69) is 47.4 Å². The highest BCUT2D eigenvalue weighted by Gasteiger charge is 2.41. The van der Waals surface area contributed by atoms with Crippen LogP contribution in [0.1, 0.15) is 68.2 Å². The third kappa shape index (κ3) is 7.87. The monoisotopic (exact) mass is 394 g/mol. The first-order chi connectivity index (χ1) is 12.2. The highest BCUT2D eigenvalue weighted by atomic mass is 28.4. The van der Waals surface area contributed by atoms with E-state index in [0.29, 0.717) is 6.42 Å². The van der Waals surface area contributed by atoms with Crippen LogP contribution in [0.15, 0.2) is 23.8 Å². The maximum absolute atomic E-state index is 13.1. The molecule has 0 amide bonds. The first kappa shape index (κ1) is 26.0. The summed E-state index contributed by atoms with van der Waals surface area (Å²) in [5.41, 5.74) is 2.07. The number of carbonyl (C=O) groups excluding carboxylic acids is 2. The van der Waals surface area contributed by atoms with Gasteiger partial charge in [-0.25, -0.2) is 0 Å². The van der Waals surface area contributed by atoms with Gasteiger partial charge in [-0.1, -0.05) is 66.7 Å². The van der Waals surface area contributed by atoms with Crippen LogP contribution < -0.4 is 0 Å². The Bertz CT molecular complexity index is 554. The standard InChI is InChI=1S/C23H42O3Si/c1-12-18(4)22(26-27(10,11)23(7,8)9)20(6)21(25)19(5)14-16(2)13-17(3)15-24/h14-15,17,19-20,22H,4,12-13H2,1-3,5-11H3/b16-14+/t17-,19+,20+,22+/m0/s1. The average molecular weight is 395 g/mol. The second-order valence-corrected chi connectivity index (χ2v) is 14.4. The van der Waals surface area contributed by atoms with Crippen molar-refractivity contribution in [1.29, 1.82) is 0 Å². The molecular formula is C23H42O3Si. The largest absolute Gasteiger partial charge is 0.410 e. The van der Waals surface area contributed by atoms with Gasteiger partial charge in [-0.2, -0.15) is 0 Å². The fourth-order valence-electron chi connectivity index (χ4n) is 2.93. The summed E-state index contributed by atoms with van der Waals surface area (Å²) >= 11 is 0. The van der Waals surface area contributed by atoms with Crippen LogP contribution in [0, 0.1) is 17.8 Å². The summed E-state index contributed by atoms with van der Waals surface area (Å²) in [6.07, 6.45) is 4.21. The molecule has 0 aliphatic heterocycles. The molecule has 0 N–H and O–H groups in total. The van der Waals surface area contributed by atoms with Crippen molar-refractivity contribution in [3.05, 3.63) is 23.8 Å². The summed E-state index contributed by atoms with van der Waals surface area (Å²) in [6.45, 7) is 25.1. The van der Waals surface area contributed by atoms with E-state index in [1.54, 1.807) is 0 Å². The lowest BCUT2D eigenvalue weighted by molar-refractivity contribution is -0.126. The van der Waals surface area contributed by atoms with Crippen molar-refractivity contribution >= 4 is 20.4 Å². The number of carbonyl (C=O) groups is 2. The molecule has 0 aliphatic carbocycles. The van der Waals surface area contributed by atoms with Crippen LogP contribution >= 0.6 is 0 Å².